The second-order valence-corrected chi connectivity index (χ2v) is 5.65. The molecule has 1 unspecified atom stereocenters. The maximum atomic E-state index is 14.0. The summed E-state index contributed by atoms with van der Waals surface area (Å²) in [7, 11) is 0. The maximum Gasteiger partial charge on any atom is 0.287 e. The number of aliphatic imine (C=N–C) groups is 1. The molecule has 8 nitrogen and oxygen atoms in total. The van der Waals surface area contributed by atoms with Crippen molar-refractivity contribution < 1.29 is 18.0 Å². The van der Waals surface area contributed by atoms with Gasteiger partial charge in [-0.1, -0.05) is 0 Å². The van der Waals surface area contributed by atoms with Crippen molar-refractivity contribution in [2.24, 2.45) is 4.99 Å². The Morgan fingerprint density at radius 2 is 2.04 bits per heavy atom. The summed E-state index contributed by atoms with van der Waals surface area (Å²) in [6.07, 6.45) is 1.30. The number of nitrogens with zero attached hydrogens (tertiary/aromatic N) is 4. The molecule has 0 saturated heterocycles. The molecule has 3 aromatic rings. The molecule has 0 fully saturated rings. The van der Waals surface area contributed by atoms with Crippen LogP contribution in [0.5, 0.6) is 0 Å². The molecule has 1 aliphatic rings. The molecule has 0 radical (unpaired) electrons. The number of hydrogen-bond donors (Lipinski definition) is 2. The van der Waals surface area contributed by atoms with Crippen molar-refractivity contribution in [1.29, 1.82) is 0 Å². The molecular formula is C16H11F3N6O2. The Labute approximate surface area is 149 Å². The summed E-state index contributed by atoms with van der Waals surface area (Å²) in [4.78, 5) is 26.5. The molecule has 1 aliphatic heterocycles. The van der Waals surface area contributed by atoms with Crippen LogP contribution in [0.1, 0.15) is 17.4 Å². The SMILES string of the molecule is O=c1[nH]c(-c2cc(C3N=CON3)n(Cc3cc(F)ccc3F)n2)ncc1F. The Hall–Kier alpha value is -3.47. The van der Waals surface area contributed by atoms with Crippen molar-refractivity contribution in [3.8, 4) is 11.5 Å². The first-order valence-corrected chi connectivity index (χ1v) is 7.71. The predicted octanol–water partition coefficient (Wildman–Crippen LogP) is 1.66. The summed E-state index contributed by atoms with van der Waals surface area (Å²) < 4.78 is 42.0. The fourth-order valence-corrected chi connectivity index (χ4v) is 2.58. The first kappa shape index (κ1) is 17.0. The molecule has 138 valence electrons. The van der Waals surface area contributed by atoms with Gasteiger partial charge in [-0.25, -0.2) is 18.8 Å². The first-order chi connectivity index (χ1) is 13.0. The Morgan fingerprint density at radius 1 is 1.19 bits per heavy atom. The van der Waals surface area contributed by atoms with E-state index in [2.05, 4.69) is 25.5 Å². The highest BCUT2D eigenvalue weighted by Gasteiger charge is 2.23. The average Bonchev–Trinajstić information content (AvgIpc) is 3.30. The van der Waals surface area contributed by atoms with Crippen LogP contribution < -0.4 is 11.0 Å². The van der Waals surface area contributed by atoms with Gasteiger partial charge in [0.1, 0.15) is 17.3 Å². The highest BCUT2D eigenvalue weighted by molar-refractivity contribution is 5.52. The van der Waals surface area contributed by atoms with Gasteiger partial charge in [-0.15, -0.1) is 5.48 Å². The smallest absolute Gasteiger partial charge is 0.287 e. The fraction of sp³-hybridized carbons (Fsp3) is 0.125. The van der Waals surface area contributed by atoms with Crippen molar-refractivity contribution in [2.45, 2.75) is 12.7 Å². The van der Waals surface area contributed by atoms with Crippen molar-refractivity contribution in [3.05, 3.63) is 69.5 Å². The highest BCUT2D eigenvalue weighted by atomic mass is 19.1. The quantitative estimate of drug-likeness (QED) is 0.722. The molecule has 2 aromatic heterocycles. The van der Waals surface area contributed by atoms with E-state index in [0.29, 0.717) is 5.69 Å². The lowest BCUT2D eigenvalue weighted by Crippen LogP contribution is -2.18. The van der Waals surface area contributed by atoms with E-state index in [1.54, 1.807) is 0 Å². The van der Waals surface area contributed by atoms with Gasteiger partial charge in [0, 0.05) is 5.56 Å². The van der Waals surface area contributed by atoms with Crippen LogP contribution >= 0.6 is 0 Å². The summed E-state index contributed by atoms with van der Waals surface area (Å²) >= 11 is 0. The van der Waals surface area contributed by atoms with Gasteiger partial charge in [-0.2, -0.15) is 9.49 Å². The molecule has 4 rings (SSSR count). The van der Waals surface area contributed by atoms with E-state index >= 15 is 0 Å². The lowest BCUT2D eigenvalue weighted by molar-refractivity contribution is 0.184. The molecule has 27 heavy (non-hydrogen) atoms. The fourth-order valence-electron chi connectivity index (χ4n) is 2.58. The second kappa shape index (κ2) is 6.68. The van der Waals surface area contributed by atoms with Crippen LogP contribution in [-0.2, 0) is 11.4 Å². The second-order valence-electron chi connectivity index (χ2n) is 5.65. The van der Waals surface area contributed by atoms with Crippen molar-refractivity contribution in [2.75, 3.05) is 0 Å². The summed E-state index contributed by atoms with van der Waals surface area (Å²) in [5.41, 5.74) is 2.36. The van der Waals surface area contributed by atoms with Gasteiger partial charge in [0.15, 0.2) is 18.4 Å². The molecule has 0 spiro atoms. The molecule has 3 heterocycles. The van der Waals surface area contributed by atoms with Crippen LogP contribution in [0.3, 0.4) is 0 Å². The van der Waals surface area contributed by atoms with Crippen molar-refractivity contribution >= 4 is 6.40 Å². The van der Waals surface area contributed by atoms with Crippen LogP contribution in [0, 0.1) is 17.5 Å². The van der Waals surface area contributed by atoms with E-state index in [1.807, 2.05) is 0 Å². The lowest BCUT2D eigenvalue weighted by atomic mass is 10.2. The van der Waals surface area contributed by atoms with E-state index in [4.69, 9.17) is 4.84 Å². The predicted molar refractivity (Wildman–Crippen MR) is 87.0 cm³/mol. The van der Waals surface area contributed by atoms with Gasteiger partial charge < -0.3 is 9.82 Å². The number of aromatic amines is 1. The molecule has 1 aromatic carbocycles. The Bertz CT molecular complexity index is 1090. The minimum atomic E-state index is -1.03. The van der Waals surface area contributed by atoms with E-state index < -0.39 is 29.2 Å². The van der Waals surface area contributed by atoms with Gasteiger partial charge in [0.2, 0.25) is 5.82 Å². The monoisotopic (exact) mass is 376 g/mol. The summed E-state index contributed by atoms with van der Waals surface area (Å²) in [6, 6.07) is 4.61. The van der Waals surface area contributed by atoms with Crippen molar-refractivity contribution in [3.63, 3.8) is 0 Å². The molecular weight excluding hydrogens is 365 g/mol. The number of halogens is 3. The number of aromatic nitrogens is 4. The van der Waals surface area contributed by atoms with E-state index in [1.165, 1.54) is 17.1 Å². The zero-order valence-electron chi connectivity index (χ0n) is 13.5. The summed E-state index contributed by atoms with van der Waals surface area (Å²) in [5, 5.41) is 4.26. The Kier molecular flexibility index (Phi) is 4.20. The lowest BCUT2D eigenvalue weighted by Gasteiger charge is -2.11. The zero-order valence-corrected chi connectivity index (χ0v) is 13.5. The average molecular weight is 376 g/mol. The standard InChI is InChI=1S/C16H11F3N6O2/c17-9-1-2-10(18)8(3-9)6-25-13(15-21-7-27-24-15)4-12(23-25)14-20-5-11(19)16(26)22-14/h1-5,7,15,24H,6H2,(H,20,22,26). The van der Waals surface area contributed by atoms with Crippen LogP contribution in [0.4, 0.5) is 13.2 Å². The zero-order chi connectivity index (χ0) is 19.0. The number of H-pyrrole nitrogens is 1. The Balaban J connectivity index is 1.78. The molecule has 11 heteroatoms. The highest BCUT2D eigenvalue weighted by Crippen LogP contribution is 2.24. The molecule has 1 atom stereocenters. The molecule has 2 N–H and O–H groups in total. The van der Waals surface area contributed by atoms with Crippen LogP contribution in [-0.4, -0.2) is 26.1 Å². The van der Waals surface area contributed by atoms with Gasteiger partial charge in [0.25, 0.3) is 5.56 Å². The third-order valence-electron chi connectivity index (χ3n) is 3.86. The Morgan fingerprint density at radius 3 is 2.78 bits per heavy atom. The molecule has 0 aliphatic carbocycles. The number of hydroxylamine groups is 1. The van der Waals surface area contributed by atoms with Gasteiger partial charge in [-0.3, -0.25) is 9.48 Å². The van der Waals surface area contributed by atoms with Crippen molar-refractivity contribution in [1.82, 2.24) is 25.2 Å². The topological polar surface area (TPSA) is 97.2 Å². The normalized spacial score (nSPS) is 15.9. The van der Waals surface area contributed by atoms with Crippen LogP contribution in [0.2, 0.25) is 0 Å². The minimum Gasteiger partial charge on any atom is -0.394 e. The molecule has 0 saturated carbocycles. The number of benzene rings is 1. The van der Waals surface area contributed by atoms with Crippen LogP contribution in [0.25, 0.3) is 11.5 Å². The molecule has 0 amide bonds. The number of hydrogen-bond acceptors (Lipinski definition) is 6. The summed E-state index contributed by atoms with van der Waals surface area (Å²) in [5.74, 6) is -2.21. The third-order valence-corrected chi connectivity index (χ3v) is 3.86. The molecule has 0 bridgehead atoms. The largest absolute Gasteiger partial charge is 0.394 e. The van der Waals surface area contributed by atoms with E-state index in [9.17, 15) is 18.0 Å². The first-order valence-electron chi connectivity index (χ1n) is 7.71. The third kappa shape index (κ3) is 3.31. The van der Waals surface area contributed by atoms with Gasteiger partial charge in [-0.05, 0) is 24.3 Å². The van der Waals surface area contributed by atoms with E-state index in [-0.39, 0.29) is 23.6 Å². The van der Waals surface area contributed by atoms with Gasteiger partial charge in [0.05, 0.1) is 18.4 Å². The van der Waals surface area contributed by atoms with E-state index in [0.717, 1.165) is 24.4 Å². The number of nitrogens with one attached hydrogen (secondary N) is 2. The van der Waals surface area contributed by atoms with Gasteiger partial charge >= 0.3 is 0 Å². The van der Waals surface area contributed by atoms with Crippen LogP contribution in [0.15, 0.2) is 40.2 Å². The number of rotatable bonds is 4. The summed E-state index contributed by atoms with van der Waals surface area (Å²) in [6.45, 7) is -0.113. The maximum absolute atomic E-state index is 14.0. The minimum absolute atomic E-state index is 0.0176.